The number of piperidine rings is 1. The van der Waals surface area contributed by atoms with Gasteiger partial charge < -0.3 is 9.64 Å². The van der Waals surface area contributed by atoms with Crippen molar-refractivity contribution in [3.63, 3.8) is 0 Å². The highest BCUT2D eigenvalue weighted by Crippen LogP contribution is 2.36. The molecule has 1 heterocycles. The molecule has 1 amide bonds. The SMILES string of the molecule is O=C(Oc1c(Cl)cc(Cl)cc1Cl)N1CCCCC1. The third kappa shape index (κ3) is 3.22. The predicted molar refractivity (Wildman–Crippen MR) is 72.9 cm³/mol. The predicted octanol–water partition coefficient (Wildman–Crippen LogP) is 4.63. The van der Waals surface area contributed by atoms with Crippen LogP contribution in [0, 0.1) is 0 Å². The minimum Gasteiger partial charge on any atom is -0.407 e. The second-order valence-electron chi connectivity index (χ2n) is 4.11. The van der Waals surface area contributed by atoms with E-state index in [-0.39, 0.29) is 15.8 Å². The molecule has 98 valence electrons. The van der Waals surface area contributed by atoms with Gasteiger partial charge >= 0.3 is 6.09 Å². The van der Waals surface area contributed by atoms with E-state index < -0.39 is 6.09 Å². The van der Waals surface area contributed by atoms with Crippen LogP contribution in [0.5, 0.6) is 5.75 Å². The molecule has 0 aliphatic carbocycles. The minimum absolute atomic E-state index is 0.165. The van der Waals surface area contributed by atoms with Crippen LogP contribution >= 0.6 is 34.8 Å². The number of hydrogen-bond donors (Lipinski definition) is 0. The number of halogens is 3. The average molecular weight is 309 g/mol. The lowest BCUT2D eigenvalue weighted by molar-refractivity contribution is 0.142. The zero-order valence-corrected chi connectivity index (χ0v) is 11.9. The number of amides is 1. The Balaban J connectivity index is 2.11. The molecule has 1 aromatic carbocycles. The summed E-state index contributed by atoms with van der Waals surface area (Å²) in [6, 6.07) is 2.99. The summed E-state index contributed by atoms with van der Waals surface area (Å²) in [6.45, 7) is 1.42. The number of likely N-dealkylation sites (tertiary alicyclic amines) is 1. The van der Waals surface area contributed by atoms with Gasteiger partial charge in [0.2, 0.25) is 0 Å². The van der Waals surface area contributed by atoms with Crippen molar-refractivity contribution in [2.45, 2.75) is 19.3 Å². The molecular formula is C12H12Cl3NO2. The molecule has 0 saturated carbocycles. The van der Waals surface area contributed by atoms with Gasteiger partial charge in [0.1, 0.15) is 0 Å². The fourth-order valence-electron chi connectivity index (χ4n) is 1.85. The van der Waals surface area contributed by atoms with Gasteiger partial charge in [-0.1, -0.05) is 34.8 Å². The molecule has 0 aromatic heterocycles. The second-order valence-corrected chi connectivity index (χ2v) is 5.37. The van der Waals surface area contributed by atoms with Gasteiger partial charge in [0.15, 0.2) is 5.75 Å². The molecule has 1 fully saturated rings. The Morgan fingerprint density at radius 3 is 2.17 bits per heavy atom. The minimum atomic E-state index is -0.416. The molecule has 1 saturated heterocycles. The molecule has 0 radical (unpaired) electrons. The summed E-state index contributed by atoms with van der Waals surface area (Å²) in [4.78, 5) is 13.6. The fourth-order valence-corrected chi connectivity index (χ4v) is 2.75. The standard InChI is InChI=1S/C12H12Cl3NO2/c13-8-6-9(14)11(10(15)7-8)18-12(17)16-4-2-1-3-5-16/h6-7H,1-5H2. The second kappa shape index (κ2) is 6.00. The van der Waals surface area contributed by atoms with E-state index in [1.807, 2.05) is 0 Å². The van der Waals surface area contributed by atoms with Crippen molar-refractivity contribution in [1.29, 1.82) is 0 Å². The molecule has 0 spiro atoms. The number of carbonyl (C=O) groups is 1. The summed E-state index contributed by atoms with van der Waals surface area (Å²) in [5, 5.41) is 0.874. The van der Waals surface area contributed by atoms with Gasteiger partial charge in [0.25, 0.3) is 0 Å². The van der Waals surface area contributed by atoms with Crippen LogP contribution in [0.4, 0.5) is 4.79 Å². The van der Waals surface area contributed by atoms with Crippen molar-refractivity contribution in [2.75, 3.05) is 13.1 Å². The Kier molecular flexibility index (Phi) is 4.60. The number of benzene rings is 1. The number of hydrogen-bond acceptors (Lipinski definition) is 2. The van der Waals surface area contributed by atoms with Crippen LogP contribution in [0.1, 0.15) is 19.3 Å². The first-order valence-electron chi connectivity index (χ1n) is 5.69. The first kappa shape index (κ1) is 13.8. The van der Waals surface area contributed by atoms with Crippen molar-refractivity contribution in [1.82, 2.24) is 4.90 Å². The lowest BCUT2D eigenvalue weighted by Crippen LogP contribution is -2.37. The molecule has 6 heteroatoms. The number of ether oxygens (including phenoxy) is 1. The maximum Gasteiger partial charge on any atom is 0.415 e. The Morgan fingerprint density at radius 1 is 1.06 bits per heavy atom. The van der Waals surface area contributed by atoms with Crippen LogP contribution in [0.3, 0.4) is 0 Å². The Bertz CT molecular complexity index is 436. The zero-order chi connectivity index (χ0) is 13.1. The van der Waals surface area contributed by atoms with E-state index in [1.165, 1.54) is 12.1 Å². The van der Waals surface area contributed by atoms with Gasteiger partial charge in [-0.05, 0) is 31.4 Å². The summed E-state index contributed by atoms with van der Waals surface area (Å²) in [7, 11) is 0. The number of rotatable bonds is 1. The van der Waals surface area contributed by atoms with E-state index in [2.05, 4.69) is 0 Å². The summed E-state index contributed by atoms with van der Waals surface area (Å²) in [5.74, 6) is 0.165. The lowest BCUT2D eigenvalue weighted by Gasteiger charge is -2.26. The highest BCUT2D eigenvalue weighted by Gasteiger charge is 2.21. The van der Waals surface area contributed by atoms with Gasteiger partial charge in [-0.15, -0.1) is 0 Å². The molecule has 1 aromatic rings. The molecule has 0 N–H and O–H groups in total. The number of carbonyl (C=O) groups excluding carboxylic acids is 1. The molecule has 0 atom stereocenters. The lowest BCUT2D eigenvalue weighted by atomic mass is 10.1. The topological polar surface area (TPSA) is 29.5 Å². The van der Waals surface area contributed by atoms with Crippen LogP contribution in [0.25, 0.3) is 0 Å². The molecule has 1 aliphatic heterocycles. The molecule has 0 unspecified atom stereocenters. The summed E-state index contributed by atoms with van der Waals surface area (Å²) in [6.07, 6.45) is 2.72. The zero-order valence-electron chi connectivity index (χ0n) is 9.59. The van der Waals surface area contributed by atoms with Crippen molar-refractivity contribution >= 4 is 40.9 Å². The summed E-state index contributed by atoms with van der Waals surface area (Å²) in [5.41, 5.74) is 0. The van der Waals surface area contributed by atoms with E-state index in [0.717, 1.165) is 19.3 Å². The van der Waals surface area contributed by atoms with Crippen LogP contribution in [-0.4, -0.2) is 24.1 Å². The van der Waals surface area contributed by atoms with Crippen molar-refractivity contribution < 1.29 is 9.53 Å². The van der Waals surface area contributed by atoms with E-state index in [0.29, 0.717) is 18.1 Å². The van der Waals surface area contributed by atoms with E-state index in [4.69, 9.17) is 39.5 Å². The van der Waals surface area contributed by atoms with Crippen LogP contribution in [0.15, 0.2) is 12.1 Å². The van der Waals surface area contributed by atoms with Gasteiger partial charge in [-0.2, -0.15) is 0 Å². The molecular weight excluding hydrogens is 296 g/mol. The van der Waals surface area contributed by atoms with Crippen LogP contribution < -0.4 is 4.74 Å². The van der Waals surface area contributed by atoms with Crippen molar-refractivity contribution in [3.8, 4) is 5.75 Å². The molecule has 1 aliphatic rings. The van der Waals surface area contributed by atoms with E-state index >= 15 is 0 Å². The highest BCUT2D eigenvalue weighted by molar-refractivity contribution is 6.40. The van der Waals surface area contributed by atoms with Gasteiger partial charge in [-0.3, -0.25) is 0 Å². The third-order valence-corrected chi connectivity index (χ3v) is 3.55. The molecule has 0 bridgehead atoms. The summed E-state index contributed by atoms with van der Waals surface area (Å²) >= 11 is 17.7. The van der Waals surface area contributed by atoms with Gasteiger partial charge in [-0.25, -0.2) is 4.79 Å². The normalized spacial score (nSPS) is 15.6. The van der Waals surface area contributed by atoms with Crippen molar-refractivity contribution in [3.05, 3.63) is 27.2 Å². The Hall–Kier alpha value is -0.640. The van der Waals surface area contributed by atoms with Gasteiger partial charge in [0, 0.05) is 18.1 Å². The highest BCUT2D eigenvalue weighted by atomic mass is 35.5. The maximum atomic E-state index is 11.9. The molecule has 3 nitrogen and oxygen atoms in total. The average Bonchev–Trinajstić information content (AvgIpc) is 2.34. The largest absolute Gasteiger partial charge is 0.415 e. The first-order chi connectivity index (χ1) is 8.58. The fraction of sp³-hybridized carbons (Fsp3) is 0.417. The van der Waals surface area contributed by atoms with Crippen LogP contribution in [-0.2, 0) is 0 Å². The Morgan fingerprint density at radius 2 is 1.61 bits per heavy atom. The van der Waals surface area contributed by atoms with E-state index in [1.54, 1.807) is 4.90 Å². The first-order valence-corrected chi connectivity index (χ1v) is 6.82. The maximum absolute atomic E-state index is 11.9. The monoisotopic (exact) mass is 307 g/mol. The Labute approximate surface area is 121 Å². The van der Waals surface area contributed by atoms with Gasteiger partial charge in [0.05, 0.1) is 10.0 Å². The smallest absolute Gasteiger partial charge is 0.407 e. The quantitative estimate of drug-likeness (QED) is 0.757. The van der Waals surface area contributed by atoms with Crippen LogP contribution in [0.2, 0.25) is 15.1 Å². The molecule has 2 rings (SSSR count). The third-order valence-electron chi connectivity index (χ3n) is 2.77. The number of nitrogens with zero attached hydrogens (tertiary/aromatic N) is 1. The molecule has 18 heavy (non-hydrogen) atoms. The summed E-state index contributed by atoms with van der Waals surface area (Å²) < 4.78 is 5.23. The van der Waals surface area contributed by atoms with Crippen molar-refractivity contribution in [2.24, 2.45) is 0 Å². The van der Waals surface area contributed by atoms with E-state index in [9.17, 15) is 4.79 Å².